The van der Waals surface area contributed by atoms with Crippen LogP contribution in [0.15, 0.2) is 53.6 Å². The SMILES string of the molecule is COc1ccc(NC(=O)Nc2nccn(-c3cc(C)cc(C)c3)c2=O)cc1OC. The molecule has 2 aromatic carbocycles. The number of amides is 2. The molecule has 0 saturated carbocycles. The molecule has 0 bridgehead atoms. The van der Waals surface area contributed by atoms with Gasteiger partial charge in [-0.25, -0.2) is 9.78 Å². The summed E-state index contributed by atoms with van der Waals surface area (Å²) in [5.74, 6) is 0.935. The minimum absolute atomic E-state index is 0.0790. The molecule has 1 heterocycles. The Morgan fingerprint density at radius 1 is 0.966 bits per heavy atom. The van der Waals surface area contributed by atoms with Crippen LogP contribution >= 0.6 is 0 Å². The molecule has 0 aliphatic rings. The van der Waals surface area contributed by atoms with E-state index in [1.807, 2.05) is 32.0 Å². The van der Waals surface area contributed by atoms with Gasteiger partial charge in [-0.3, -0.25) is 14.7 Å². The number of hydrogen-bond acceptors (Lipinski definition) is 5. The number of methoxy groups -OCH3 is 2. The van der Waals surface area contributed by atoms with Crippen LogP contribution in [0, 0.1) is 13.8 Å². The average Bonchev–Trinajstić information content (AvgIpc) is 2.68. The van der Waals surface area contributed by atoms with Crippen molar-refractivity contribution in [2.24, 2.45) is 0 Å². The molecule has 3 aromatic rings. The topological polar surface area (TPSA) is 94.5 Å². The van der Waals surface area contributed by atoms with Crippen molar-refractivity contribution in [1.82, 2.24) is 9.55 Å². The predicted octanol–water partition coefficient (Wildman–Crippen LogP) is 3.51. The molecule has 3 rings (SSSR count). The zero-order chi connectivity index (χ0) is 21.0. The van der Waals surface area contributed by atoms with Gasteiger partial charge >= 0.3 is 6.03 Å². The third-order valence-electron chi connectivity index (χ3n) is 4.20. The molecule has 0 aliphatic carbocycles. The summed E-state index contributed by atoms with van der Waals surface area (Å²) in [7, 11) is 3.03. The summed E-state index contributed by atoms with van der Waals surface area (Å²) < 4.78 is 11.8. The maximum atomic E-state index is 12.8. The summed E-state index contributed by atoms with van der Waals surface area (Å²) in [6.07, 6.45) is 3.03. The molecular formula is C21H22N4O4. The summed E-state index contributed by atoms with van der Waals surface area (Å²) >= 11 is 0. The molecule has 0 fully saturated rings. The number of nitrogens with zero attached hydrogens (tertiary/aromatic N) is 2. The zero-order valence-electron chi connectivity index (χ0n) is 16.6. The number of aryl methyl sites for hydroxylation is 2. The quantitative estimate of drug-likeness (QED) is 0.691. The highest BCUT2D eigenvalue weighted by molar-refractivity contribution is 5.99. The normalized spacial score (nSPS) is 10.3. The Hall–Kier alpha value is -3.81. The summed E-state index contributed by atoms with van der Waals surface area (Å²) in [6, 6.07) is 10.1. The second-order valence-corrected chi connectivity index (χ2v) is 6.45. The van der Waals surface area contributed by atoms with Crippen LogP contribution in [0.25, 0.3) is 5.69 Å². The Kier molecular flexibility index (Phi) is 5.82. The molecule has 8 nitrogen and oxygen atoms in total. The maximum absolute atomic E-state index is 12.8. The zero-order valence-corrected chi connectivity index (χ0v) is 16.6. The first kappa shape index (κ1) is 19.9. The van der Waals surface area contributed by atoms with E-state index in [2.05, 4.69) is 15.6 Å². The molecule has 8 heteroatoms. The van der Waals surface area contributed by atoms with Gasteiger partial charge in [0.1, 0.15) is 0 Å². The molecule has 1 aromatic heterocycles. The predicted molar refractivity (Wildman–Crippen MR) is 111 cm³/mol. The van der Waals surface area contributed by atoms with E-state index in [-0.39, 0.29) is 5.82 Å². The fourth-order valence-electron chi connectivity index (χ4n) is 2.97. The van der Waals surface area contributed by atoms with E-state index < -0.39 is 11.6 Å². The van der Waals surface area contributed by atoms with Crippen LogP contribution in [-0.4, -0.2) is 29.8 Å². The Bertz CT molecular complexity index is 1090. The minimum atomic E-state index is -0.597. The minimum Gasteiger partial charge on any atom is -0.493 e. The average molecular weight is 394 g/mol. The van der Waals surface area contributed by atoms with E-state index >= 15 is 0 Å². The van der Waals surface area contributed by atoms with Crippen LogP contribution < -0.4 is 25.7 Å². The van der Waals surface area contributed by atoms with Gasteiger partial charge in [0.05, 0.1) is 14.2 Å². The molecule has 29 heavy (non-hydrogen) atoms. The lowest BCUT2D eigenvalue weighted by molar-refractivity contribution is 0.262. The van der Waals surface area contributed by atoms with Crippen molar-refractivity contribution in [3.05, 3.63) is 70.3 Å². The van der Waals surface area contributed by atoms with Crippen LogP contribution in [0.1, 0.15) is 11.1 Å². The first-order chi connectivity index (χ1) is 13.9. The molecule has 2 N–H and O–H groups in total. The number of aromatic nitrogens is 2. The van der Waals surface area contributed by atoms with E-state index in [0.29, 0.717) is 22.9 Å². The van der Waals surface area contributed by atoms with Gasteiger partial charge in [-0.05, 0) is 49.2 Å². The van der Waals surface area contributed by atoms with E-state index in [9.17, 15) is 9.59 Å². The fourth-order valence-corrected chi connectivity index (χ4v) is 2.97. The highest BCUT2D eigenvalue weighted by atomic mass is 16.5. The summed E-state index contributed by atoms with van der Waals surface area (Å²) in [5.41, 5.74) is 2.82. The van der Waals surface area contributed by atoms with Crippen LogP contribution in [0.3, 0.4) is 0 Å². The monoisotopic (exact) mass is 394 g/mol. The van der Waals surface area contributed by atoms with Gasteiger partial charge in [0.15, 0.2) is 11.5 Å². The van der Waals surface area contributed by atoms with E-state index in [1.54, 1.807) is 24.4 Å². The molecular weight excluding hydrogens is 372 g/mol. The lowest BCUT2D eigenvalue weighted by Gasteiger charge is -2.12. The highest BCUT2D eigenvalue weighted by Gasteiger charge is 2.12. The number of ether oxygens (including phenoxy) is 2. The Balaban J connectivity index is 1.82. The third-order valence-corrected chi connectivity index (χ3v) is 4.20. The van der Waals surface area contributed by atoms with Gasteiger partial charge < -0.3 is 14.8 Å². The maximum Gasteiger partial charge on any atom is 0.325 e. The van der Waals surface area contributed by atoms with Crippen molar-refractivity contribution in [2.45, 2.75) is 13.8 Å². The van der Waals surface area contributed by atoms with Crippen LogP contribution in [0.4, 0.5) is 16.3 Å². The van der Waals surface area contributed by atoms with Gasteiger partial charge in [-0.1, -0.05) is 6.07 Å². The third kappa shape index (κ3) is 4.55. The lowest BCUT2D eigenvalue weighted by atomic mass is 10.1. The molecule has 0 spiro atoms. The van der Waals surface area contributed by atoms with Crippen molar-refractivity contribution in [3.63, 3.8) is 0 Å². The van der Waals surface area contributed by atoms with Gasteiger partial charge in [-0.2, -0.15) is 0 Å². The molecule has 2 amide bonds. The number of rotatable bonds is 5. The van der Waals surface area contributed by atoms with Gasteiger partial charge in [0.25, 0.3) is 5.56 Å². The standard InChI is InChI=1S/C21H22N4O4/c1-13-9-14(2)11-16(10-13)25-8-7-22-19(20(25)26)24-21(27)23-15-5-6-17(28-3)18(12-15)29-4/h5-12H,1-4H3,(H2,22,23,24,27). The number of nitrogens with one attached hydrogen (secondary N) is 2. The first-order valence-corrected chi connectivity index (χ1v) is 8.87. The fraction of sp³-hybridized carbons (Fsp3) is 0.190. The van der Waals surface area contributed by atoms with E-state index in [1.165, 1.54) is 25.0 Å². The molecule has 0 saturated heterocycles. The number of anilines is 2. The highest BCUT2D eigenvalue weighted by Crippen LogP contribution is 2.29. The number of hydrogen-bond donors (Lipinski definition) is 2. The van der Waals surface area contributed by atoms with Crippen molar-refractivity contribution >= 4 is 17.5 Å². The molecule has 0 unspecified atom stereocenters. The van der Waals surface area contributed by atoms with Crippen LogP contribution in [-0.2, 0) is 0 Å². The number of urea groups is 1. The van der Waals surface area contributed by atoms with Crippen LogP contribution in [0.2, 0.25) is 0 Å². The van der Waals surface area contributed by atoms with Crippen molar-refractivity contribution in [3.8, 4) is 17.2 Å². The second-order valence-electron chi connectivity index (χ2n) is 6.45. The van der Waals surface area contributed by atoms with Gasteiger partial charge in [-0.15, -0.1) is 0 Å². The molecule has 150 valence electrons. The summed E-state index contributed by atoms with van der Waals surface area (Å²) in [6.45, 7) is 3.91. The lowest BCUT2D eigenvalue weighted by Crippen LogP contribution is -2.28. The van der Waals surface area contributed by atoms with Gasteiger partial charge in [0.2, 0.25) is 5.82 Å². The smallest absolute Gasteiger partial charge is 0.325 e. The summed E-state index contributed by atoms with van der Waals surface area (Å²) in [5, 5.41) is 5.14. The van der Waals surface area contributed by atoms with Crippen molar-refractivity contribution in [1.29, 1.82) is 0 Å². The van der Waals surface area contributed by atoms with E-state index in [0.717, 1.165) is 11.1 Å². The number of benzene rings is 2. The Morgan fingerprint density at radius 2 is 1.66 bits per heavy atom. The number of carbonyl (C=O) groups is 1. The van der Waals surface area contributed by atoms with Crippen LogP contribution in [0.5, 0.6) is 11.5 Å². The number of carbonyl (C=O) groups excluding carboxylic acids is 1. The Morgan fingerprint density at radius 3 is 2.31 bits per heavy atom. The molecule has 0 radical (unpaired) electrons. The van der Waals surface area contributed by atoms with E-state index in [4.69, 9.17) is 9.47 Å². The van der Waals surface area contributed by atoms with Crippen molar-refractivity contribution < 1.29 is 14.3 Å². The largest absolute Gasteiger partial charge is 0.493 e. The van der Waals surface area contributed by atoms with Gasteiger partial charge in [0, 0.05) is 29.8 Å². The second kappa shape index (κ2) is 8.47. The molecule has 0 atom stereocenters. The van der Waals surface area contributed by atoms with Crippen molar-refractivity contribution in [2.75, 3.05) is 24.9 Å². The first-order valence-electron chi connectivity index (χ1n) is 8.87. The molecule has 0 aliphatic heterocycles. The summed E-state index contributed by atoms with van der Waals surface area (Å²) in [4.78, 5) is 29.1. The Labute approximate surface area is 168 Å².